The normalized spacial score (nSPS) is 29.6. The van der Waals surface area contributed by atoms with Crippen LogP contribution in [0.15, 0.2) is 24.3 Å². The van der Waals surface area contributed by atoms with Crippen LogP contribution < -0.4 is 16.0 Å². The molecule has 1 aromatic rings. The number of ketones is 1. The number of hydrogen-bond donors (Lipinski definition) is 3. The second kappa shape index (κ2) is 11.8. The summed E-state index contributed by atoms with van der Waals surface area (Å²) in [5.74, 6) is -1.66. The fourth-order valence-corrected chi connectivity index (χ4v) is 8.24. The molecule has 44 heavy (non-hydrogen) atoms. The lowest BCUT2D eigenvalue weighted by atomic mass is 9.93. The number of amides is 4. The molecule has 4 aliphatic carbocycles. The number of likely N-dealkylation sites (tertiary alicyclic amines) is 1. The molecular weight excluding hydrogens is 560 g/mol. The predicted molar refractivity (Wildman–Crippen MR) is 162 cm³/mol. The highest BCUT2D eigenvalue weighted by atomic mass is 16.6. The Labute approximate surface area is 259 Å². The van der Waals surface area contributed by atoms with Gasteiger partial charge in [0.1, 0.15) is 18.2 Å². The van der Waals surface area contributed by atoms with Crippen molar-refractivity contribution in [1.29, 1.82) is 0 Å². The number of carbonyl (C=O) groups excluding carboxylic acids is 5. The van der Waals surface area contributed by atoms with Crippen molar-refractivity contribution in [2.75, 3.05) is 13.6 Å². The van der Waals surface area contributed by atoms with Gasteiger partial charge in [-0.05, 0) is 84.7 Å². The number of benzene rings is 1. The number of rotatable bonds is 10. The van der Waals surface area contributed by atoms with E-state index in [4.69, 9.17) is 4.74 Å². The number of ether oxygens (including phenoxy) is 1. The Bertz CT molecular complexity index is 1320. The first-order valence-corrected chi connectivity index (χ1v) is 16.4. The topological polar surface area (TPSA) is 134 Å². The van der Waals surface area contributed by atoms with Crippen molar-refractivity contribution in [3.8, 4) is 0 Å². The Morgan fingerprint density at radius 3 is 2.27 bits per heavy atom. The molecule has 6 rings (SSSR count). The van der Waals surface area contributed by atoms with Crippen LogP contribution in [0.25, 0.3) is 0 Å². The van der Waals surface area contributed by atoms with E-state index in [1.54, 1.807) is 4.90 Å². The molecule has 7 atom stereocenters. The summed E-state index contributed by atoms with van der Waals surface area (Å²) in [5, 5.41) is 8.22. The Kier molecular flexibility index (Phi) is 8.22. The van der Waals surface area contributed by atoms with Crippen LogP contribution in [0.3, 0.4) is 0 Å². The van der Waals surface area contributed by atoms with Gasteiger partial charge >= 0.3 is 6.09 Å². The summed E-state index contributed by atoms with van der Waals surface area (Å²) >= 11 is 0. The van der Waals surface area contributed by atoms with Crippen molar-refractivity contribution < 1.29 is 28.7 Å². The van der Waals surface area contributed by atoms with Crippen LogP contribution in [0.5, 0.6) is 0 Å². The van der Waals surface area contributed by atoms with Crippen LogP contribution in [-0.4, -0.2) is 72.3 Å². The van der Waals surface area contributed by atoms with Crippen LogP contribution in [0.1, 0.15) is 70.4 Å². The van der Waals surface area contributed by atoms with Crippen LogP contribution in [0.4, 0.5) is 4.79 Å². The minimum atomic E-state index is -0.936. The van der Waals surface area contributed by atoms with E-state index in [1.807, 2.05) is 12.1 Å². The van der Waals surface area contributed by atoms with Gasteiger partial charge in [-0.3, -0.25) is 19.2 Å². The molecule has 238 valence electrons. The summed E-state index contributed by atoms with van der Waals surface area (Å²) in [6.07, 6.45) is 5.67. The molecule has 1 saturated heterocycles. The molecular formula is C34H46N4O6. The number of nitrogens with one attached hydrogen (secondary N) is 3. The summed E-state index contributed by atoms with van der Waals surface area (Å²) in [4.78, 5) is 68.6. The molecule has 3 N–H and O–H groups in total. The van der Waals surface area contributed by atoms with Crippen LogP contribution >= 0.6 is 0 Å². The summed E-state index contributed by atoms with van der Waals surface area (Å²) in [6, 6.07) is 5.49. The number of hydrogen-bond acceptors (Lipinski definition) is 6. The quantitative estimate of drug-likeness (QED) is 0.351. The first-order valence-electron chi connectivity index (χ1n) is 16.4. The van der Waals surface area contributed by atoms with E-state index >= 15 is 0 Å². The van der Waals surface area contributed by atoms with E-state index in [1.165, 1.54) is 7.05 Å². The van der Waals surface area contributed by atoms with Gasteiger partial charge < -0.3 is 25.6 Å². The summed E-state index contributed by atoms with van der Waals surface area (Å²) in [5.41, 5.74) is 2.18. The van der Waals surface area contributed by atoms with Crippen molar-refractivity contribution in [2.45, 2.75) is 96.4 Å². The second-order valence-corrected chi connectivity index (χ2v) is 14.5. The molecule has 4 fully saturated rings. The number of carbonyl (C=O) groups is 5. The van der Waals surface area contributed by atoms with Gasteiger partial charge in [0.15, 0.2) is 0 Å². The molecule has 10 nitrogen and oxygen atoms in total. The number of nitrogens with zero attached hydrogens (tertiary/aromatic N) is 1. The molecule has 0 bridgehead atoms. The van der Waals surface area contributed by atoms with Gasteiger partial charge in [-0.2, -0.15) is 0 Å². The summed E-state index contributed by atoms with van der Waals surface area (Å²) in [7, 11) is 1.40. The Hall–Kier alpha value is -3.43. The first-order chi connectivity index (χ1) is 21.0. The molecule has 3 saturated carbocycles. The molecule has 1 aliphatic heterocycles. The molecule has 1 heterocycles. The maximum atomic E-state index is 14.5. The van der Waals surface area contributed by atoms with Crippen molar-refractivity contribution in [3.05, 3.63) is 35.4 Å². The summed E-state index contributed by atoms with van der Waals surface area (Å²) < 4.78 is 5.82. The zero-order chi connectivity index (χ0) is 31.3. The Balaban J connectivity index is 1.23. The van der Waals surface area contributed by atoms with Crippen LogP contribution in [0.2, 0.25) is 0 Å². The second-order valence-electron chi connectivity index (χ2n) is 14.5. The number of Topliss-reactive ketones (excluding diaryl/α,β-unsaturated/α-hetero) is 1. The largest absolute Gasteiger partial charge is 0.446 e. The lowest BCUT2D eigenvalue weighted by molar-refractivity contribution is -0.144. The SMILES string of the molecule is CNC(=O)C(=O)C(CC1CC1)NC(=O)C1C2[C@H](CN1C(=O)[C@@H](NC(=O)O[C@H]1CCC[C@@H]1C)C1Cc3ccccc3C1)C2(C)C. The number of alkyl carbamates (subject to hydrolysis) is 1. The minimum Gasteiger partial charge on any atom is -0.446 e. The molecule has 5 aliphatic rings. The average Bonchev–Trinajstić information content (AvgIpc) is 3.63. The van der Waals surface area contributed by atoms with E-state index in [0.29, 0.717) is 31.7 Å². The lowest BCUT2D eigenvalue weighted by Crippen LogP contribution is -2.59. The van der Waals surface area contributed by atoms with Crippen LogP contribution in [0, 0.1) is 35.0 Å². The van der Waals surface area contributed by atoms with E-state index in [2.05, 4.69) is 48.9 Å². The number of piperidine rings is 1. The molecule has 0 spiro atoms. The van der Waals surface area contributed by atoms with E-state index in [9.17, 15) is 24.0 Å². The maximum Gasteiger partial charge on any atom is 0.408 e. The van der Waals surface area contributed by atoms with Crippen LogP contribution in [-0.2, 0) is 36.8 Å². The predicted octanol–water partition coefficient (Wildman–Crippen LogP) is 2.77. The van der Waals surface area contributed by atoms with E-state index in [-0.39, 0.29) is 41.1 Å². The highest BCUT2D eigenvalue weighted by molar-refractivity contribution is 6.38. The van der Waals surface area contributed by atoms with Gasteiger partial charge in [0.2, 0.25) is 17.6 Å². The van der Waals surface area contributed by atoms with Gasteiger partial charge in [-0.15, -0.1) is 0 Å². The van der Waals surface area contributed by atoms with Crippen molar-refractivity contribution in [1.82, 2.24) is 20.9 Å². The fourth-order valence-electron chi connectivity index (χ4n) is 8.24. The Morgan fingerprint density at radius 2 is 1.68 bits per heavy atom. The first kappa shape index (κ1) is 30.6. The van der Waals surface area contributed by atoms with Gasteiger partial charge in [-0.1, -0.05) is 57.9 Å². The van der Waals surface area contributed by atoms with Gasteiger partial charge in [0.05, 0.1) is 6.04 Å². The van der Waals surface area contributed by atoms with Crippen molar-refractivity contribution in [3.63, 3.8) is 0 Å². The lowest BCUT2D eigenvalue weighted by Gasteiger charge is -2.35. The maximum absolute atomic E-state index is 14.5. The Morgan fingerprint density at radius 1 is 1.00 bits per heavy atom. The van der Waals surface area contributed by atoms with Gasteiger partial charge in [-0.25, -0.2) is 4.79 Å². The third-order valence-electron chi connectivity index (χ3n) is 11.2. The van der Waals surface area contributed by atoms with Crippen molar-refractivity contribution >= 4 is 29.6 Å². The summed E-state index contributed by atoms with van der Waals surface area (Å²) in [6.45, 7) is 6.68. The number of fused-ring (bicyclic) bond motifs is 2. The third-order valence-corrected chi connectivity index (χ3v) is 11.2. The van der Waals surface area contributed by atoms with E-state index in [0.717, 1.165) is 43.2 Å². The standard InChI is InChI=1S/C34H46N4O6/c1-18-8-7-11-25(18)44-33(43)37-27(22-15-20-9-5-6-10-21(20)16-22)32(42)38-17-23-26(34(23,2)3)28(38)30(40)36-24(14-19-12-13-19)29(39)31(41)35-4/h5-6,9-10,18-19,22-28H,7-8,11-17H2,1-4H3,(H,35,41)(H,36,40)(H,37,43)/t18-,23-,24?,25-,26?,27-,28?/m0/s1. The molecule has 4 amide bonds. The zero-order valence-electron chi connectivity index (χ0n) is 26.3. The highest BCUT2D eigenvalue weighted by Crippen LogP contribution is 2.65. The molecule has 3 unspecified atom stereocenters. The fraction of sp³-hybridized carbons (Fsp3) is 0.676. The monoisotopic (exact) mass is 606 g/mol. The average molecular weight is 607 g/mol. The van der Waals surface area contributed by atoms with E-state index < -0.39 is 41.8 Å². The van der Waals surface area contributed by atoms with Crippen molar-refractivity contribution in [2.24, 2.45) is 35.0 Å². The van der Waals surface area contributed by atoms with Gasteiger partial charge in [0, 0.05) is 13.6 Å². The number of likely N-dealkylation sites (N-methyl/N-ethyl adjacent to an activating group) is 1. The smallest absolute Gasteiger partial charge is 0.408 e. The molecule has 0 aromatic heterocycles. The molecule has 0 radical (unpaired) electrons. The molecule has 10 heteroatoms. The highest BCUT2D eigenvalue weighted by Gasteiger charge is 2.70. The van der Waals surface area contributed by atoms with Gasteiger partial charge in [0.25, 0.3) is 5.91 Å². The third kappa shape index (κ3) is 5.84. The minimum absolute atomic E-state index is 0.0733. The molecule has 1 aromatic carbocycles. The zero-order valence-corrected chi connectivity index (χ0v) is 26.3.